The van der Waals surface area contributed by atoms with Crippen LogP contribution in [0.2, 0.25) is 0 Å². The summed E-state index contributed by atoms with van der Waals surface area (Å²) < 4.78 is 5.94. The van der Waals surface area contributed by atoms with Gasteiger partial charge in [0.2, 0.25) is 0 Å². The Morgan fingerprint density at radius 3 is 2.71 bits per heavy atom. The largest absolute Gasteiger partial charge is 0.490 e. The van der Waals surface area contributed by atoms with E-state index in [4.69, 9.17) is 10.5 Å². The lowest BCUT2D eigenvalue weighted by Crippen LogP contribution is -2.39. The molecule has 0 spiro atoms. The summed E-state index contributed by atoms with van der Waals surface area (Å²) in [7, 11) is 1.78. The van der Waals surface area contributed by atoms with Crippen LogP contribution in [0.15, 0.2) is 24.3 Å². The summed E-state index contributed by atoms with van der Waals surface area (Å²) in [6.07, 6.45) is 5.01. The first-order valence-corrected chi connectivity index (χ1v) is 7.35. The van der Waals surface area contributed by atoms with Gasteiger partial charge in [0.25, 0.3) is 5.91 Å². The highest BCUT2D eigenvalue weighted by atomic mass is 35.5. The number of benzene rings is 1. The highest BCUT2D eigenvalue weighted by molar-refractivity contribution is 5.94. The molecule has 2 rings (SSSR count). The molecule has 0 bridgehead atoms. The van der Waals surface area contributed by atoms with Crippen LogP contribution in [0.25, 0.3) is 0 Å². The van der Waals surface area contributed by atoms with E-state index in [1.54, 1.807) is 11.9 Å². The van der Waals surface area contributed by atoms with E-state index in [0.717, 1.165) is 18.6 Å². The standard InChI is InChI=1S/C16H24N2O2.ClH/c1-12(11-17)18(2)16(19)13-6-5-9-15(10-13)20-14-7-3-4-8-14;/h5-6,9-10,12,14H,3-4,7-8,11,17H2,1-2H3;1H. The predicted molar refractivity (Wildman–Crippen MR) is 87.2 cm³/mol. The zero-order valence-corrected chi connectivity index (χ0v) is 13.6. The quantitative estimate of drug-likeness (QED) is 0.909. The minimum absolute atomic E-state index is 0. The molecule has 1 saturated carbocycles. The van der Waals surface area contributed by atoms with Crippen molar-refractivity contribution in [3.8, 4) is 5.75 Å². The number of nitrogens with zero attached hydrogens (tertiary/aromatic N) is 1. The number of ether oxygens (including phenoxy) is 1. The van der Waals surface area contributed by atoms with Crippen molar-refractivity contribution in [3.63, 3.8) is 0 Å². The van der Waals surface area contributed by atoms with Crippen LogP contribution >= 0.6 is 12.4 Å². The smallest absolute Gasteiger partial charge is 0.254 e. The Hall–Kier alpha value is -1.26. The molecule has 1 atom stereocenters. The van der Waals surface area contributed by atoms with E-state index in [1.807, 2.05) is 31.2 Å². The number of rotatable bonds is 5. The van der Waals surface area contributed by atoms with Crippen molar-refractivity contribution in [1.29, 1.82) is 0 Å². The Labute approximate surface area is 133 Å². The van der Waals surface area contributed by atoms with Gasteiger partial charge in [-0.3, -0.25) is 4.79 Å². The number of halogens is 1. The van der Waals surface area contributed by atoms with Crippen LogP contribution in [-0.4, -0.2) is 36.5 Å². The van der Waals surface area contributed by atoms with Gasteiger partial charge in [-0.2, -0.15) is 0 Å². The van der Waals surface area contributed by atoms with Crippen LogP contribution in [0.3, 0.4) is 0 Å². The Morgan fingerprint density at radius 2 is 2.10 bits per heavy atom. The fraction of sp³-hybridized carbons (Fsp3) is 0.562. The third kappa shape index (κ3) is 4.61. The van der Waals surface area contributed by atoms with Crippen molar-refractivity contribution in [2.75, 3.05) is 13.6 Å². The van der Waals surface area contributed by atoms with E-state index in [2.05, 4.69) is 0 Å². The zero-order valence-electron chi connectivity index (χ0n) is 12.7. The minimum Gasteiger partial charge on any atom is -0.490 e. The van der Waals surface area contributed by atoms with Crippen LogP contribution in [-0.2, 0) is 0 Å². The third-order valence-corrected chi connectivity index (χ3v) is 4.01. The van der Waals surface area contributed by atoms with Gasteiger partial charge in [-0.1, -0.05) is 6.07 Å². The lowest BCUT2D eigenvalue weighted by Gasteiger charge is -2.24. The first kappa shape index (κ1) is 17.8. The highest BCUT2D eigenvalue weighted by Crippen LogP contribution is 2.24. The maximum Gasteiger partial charge on any atom is 0.254 e. The molecule has 21 heavy (non-hydrogen) atoms. The summed E-state index contributed by atoms with van der Waals surface area (Å²) in [6, 6.07) is 7.48. The number of amides is 1. The molecule has 5 heteroatoms. The number of likely N-dealkylation sites (N-methyl/N-ethyl adjacent to an activating group) is 1. The molecule has 4 nitrogen and oxygen atoms in total. The van der Waals surface area contributed by atoms with Gasteiger partial charge in [0.1, 0.15) is 5.75 Å². The SMILES string of the molecule is CC(CN)N(C)C(=O)c1cccc(OC2CCCC2)c1.Cl. The van der Waals surface area contributed by atoms with Gasteiger partial charge in [-0.25, -0.2) is 0 Å². The van der Waals surface area contributed by atoms with E-state index < -0.39 is 0 Å². The number of carbonyl (C=O) groups excluding carboxylic acids is 1. The molecule has 0 radical (unpaired) electrons. The second kappa shape index (κ2) is 8.25. The van der Waals surface area contributed by atoms with E-state index in [9.17, 15) is 4.79 Å². The van der Waals surface area contributed by atoms with Crippen molar-refractivity contribution < 1.29 is 9.53 Å². The predicted octanol–water partition coefficient (Wildman–Crippen LogP) is 2.85. The molecule has 118 valence electrons. The highest BCUT2D eigenvalue weighted by Gasteiger charge is 2.19. The molecule has 1 aliphatic rings. The Morgan fingerprint density at radius 1 is 1.43 bits per heavy atom. The molecule has 0 saturated heterocycles. The second-order valence-corrected chi connectivity index (χ2v) is 5.55. The number of carbonyl (C=O) groups is 1. The van der Waals surface area contributed by atoms with Crippen molar-refractivity contribution in [2.24, 2.45) is 5.73 Å². The summed E-state index contributed by atoms with van der Waals surface area (Å²) in [5.41, 5.74) is 6.26. The fourth-order valence-electron chi connectivity index (χ4n) is 2.46. The molecular weight excluding hydrogens is 288 g/mol. The van der Waals surface area contributed by atoms with E-state index in [1.165, 1.54) is 12.8 Å². The summed E-state index contributed by atoms with van der Waals surface area (Å²) in [5, 5.41) is 0. The van der Waals surface area contributed by atoms with Gasteiger partial charge in [0, 0.05) is 25.2 Å². The van der Waals surface area contributed by atoms with Crippen LogP contribution in [0.5, 0.6) is 5.75 Å². The Balaban J connectivity index is 0.00000220. The Kier molecular flexibility index (Phi) is 6.99. The maximum absolute atomic E-state index is 12.3. The molecule has 1 aliphatic carbocycles. The Bertz CT molecular complexity index is 461. The number of hydrogen-bond donors (Lipinski definition) is 1. The lowest BCUT2D eigenvalue weighted by atomic mass is 10.1. The first-order valence-electron chi connectivity index (χ1n) is 7.35. The van der Waals surface area contributed by atoms with E-state index in [0.29, 0.717) is 18.2 Å². The van der Waals surface area contributed by atoms with Crippen molar-refractivity contribution in [3.05, 3.63) is 29.8 Å². The van der Waals surface area contributed by atoms with E-state index in [-0.39, 0.29) is 24.4 Å². The molecule has 1 amide bonds. The van der Waals surface area contributed by atoms with Crippen LogP contribution in [0, 0.1) is 0 Å². The normalized spacial score (nSPS) is 16.1. The molecule has 1 aromatic rings. The summed E-state index contributed by atoms with van der Waals surface area (Å²) in [4.78, 5) is 14.0. The topological polar surface area (TPSA) is 55.6 Å². The molecule has 1 fully saturated rings. The minimum atomic E-state index is -0.0141. The molecule has 1 aromatic carbocycles. The second-order valence-electron chi connectivity index (χ2n) is 5.55. The first-order chi connectivity index (χ1) is 9.61. The van der Waals surface area contributed by atoms with Gasteiger partial charge >= 0.3 is 0 Å². The molecule has 0 heterocycles. The average Bonchev–Trinajstić information content (AvgIpc) is 2.98. The van der Waals surface area contributed by atoms with Crippen molar-refractivity contribution in [2.45, 2.75) is 44.8 Å². The zero-order chi connectivity index (χ0) is 14.5. The average molecular weight is 313 g/mol. The molecule has 0 aromatic heterocycles. The number of nitrogens with two attached hydrogens (primary N) is 1. The van der Waals surface area contributed by atoms with Crippen LogP contribution < -0.4 is 10.5 Å². The molecule has 0 aliphatic heterocycles. The van der Waals surface area contributed by atoms with Crippen LogP contribution in [0.4, 0.5) is 0 Å². The fourth-order valence-corrected chi connectivity index (χ4v) is 2.46. The molecular formula is C16H25ClN2O2. The van der Waals surface area contributed by atoms with Gasteiger partial charge in [0.05, 0.1) is 6.10 Å². The molecule has 1 unspecified atom stereocenters. The van der Waals surface area contributed by atoms with E-state index >= 15 is 0 Å². The van der Waals surface area contributed by atoms with Crippen molar-refractivity contribution in [1.82, 2.24) is 4.90 Å². The van der Waals surface area contributed by atoms with Gasteiger partial charge < -0.3 is 15.4 Å². The summed E-state index contributed by atoms with van der Waals surface area (Å²) >= 11 is 0. The van der Waals surface area contributed by atoms with Gasteiger partial charge in [-0.05, 0) is 50.8 Å². The lowest BCUT2D eigenvalue weighted by molar-refractivity contribution is 0.0747. The van der Waals surface area contributed by atoms with Crippen LogP contribution in [0.1, 0.15) is 43.0 Å². The van der Waals surface area contributed by atoms with Gasteiger partial charge in [0.15, 0.2) is 0 Å². The monoisotopic (exact) mass is 312 g/mol. The maximum atomic E-state index is 12.3. The van der Waals surface area contributed by atoms with Gasteiger partial charge in [-0.15, -0.1) is 12.4 Å². The third-order valence-electron chi connectivity index (χ3n) is 4.01. The summed E-state index contributed by atoms with van der Waals surface area (Å²) in [5.74, 6) is 0.774. The molecule has 2 N–H and O–H groups in total. The summed E-state index contributed by atoms with van der Waals surface area (Å²) in [6.45, 7) is 2.40. The van der Waals surface area contributed by atoms with Crippen molar-refractivity contribution >= 4 is 18.3 Å². The number of hydrogen-bond acceptors (Lipinski definition) is 3.